The fourth-order valence-electron chi connectivity index (χ4n) is 1.25. The third kappa shape index (κ3) is 5.14. The Morgan fingerprint density at radius 1 is 1.47 bits per heavy atom. The van der Waals surface area contributed by atoms with E-state index in [1.54, 1.807) is 6.92 Å². The van der Waals surface area contributed by atoms with Gasteiger partial charge in [-0.25, -0.2) is 0 Å². The minimum Gasteiger partial charge on any atom is -0.376 e. The molecule has 0 aromatic heterocycles. The molecule has 0 fully saturated rings. The highest BCUT2D eigenvalue weighted by Gasteiger charge is 2.32. The Bertz CT molecular complexity index is 207. The smallest absolute Gasteiger partial charge is 0.239 e. The number of hydrogen-bond donors (Lipinski definition) is 2. The third-order valence-corrected chi connectivity index (χ3v) is 2.38. The van der Waals surface area contributed by atoms with Gasteiger partial charge in [-0.15, -0.1) is 0 Å². The molecule has 0 aromatic carbocycles. The maximum Gasteiger partial charge on any atom is 0.239 e. The van der Waals surface area contributed by atoms with Gasteiger partial charge in [0.2, 0.25) is 5.91 Å². The Morgan fingerprint density at radius 3 is 2.33 bits per heavy atom. The molecule has 0 aliphatic heterocycles. The number of nitrogens with two attached hydrogens (primary N) is 1. The Labute approximate surface area is 92.6 Å². The molecule has 0 bridgehead atoms. The Kier molecular flexibility index (Phi) is 5.83. The number of hydrogen-bond acceptors (Lipinski definition) is 3. The second-order valence-electron chi connectivity index (χ2n) is 4.53. The average Bonchev–Trinajstić information content (AvgIpc) is 2.12. The van der Waals surface area contributed by atoms with Gasteiger partial charge in [-0.05, 0) is 34.1 Å². The van der Waals surface area contributed by atoms with Gasteiger partial charge in [0.25, 0.3) is 0 Å². The zero-order valence-corrected chi connectivity index (χ0v) is 10.5. The SMILES string of the molecule is CCC(C)OCC(C)(NC(C)C)C(N)=O. The van der Waals surface area contributed by atoms with Crippen LogP contribution in [-0.2, 0) is 9.53 Å². The summed E-state index contributed by atoms with van der Waals surface area (Å²) in [5.41, 5.74) is 4.59. The average molecular weight is 216 g/mol. The van der Waals surface area contributed by atoms with Crippen molar-refractivity contribution in [1.82, 2.24) is 5.32 Å². The first-order valence-electron chi connectivity index (χ1n) is 5.51. The molecule has 3 N–H and O–H groups in total. The van der Waals surface area contributed by atoms with Gasteiger partial charge in [-0.2, -0.15) is 0 Å². The zero-order valence-electron chi connectivity index (χ0n) is 10.5. The Morgan fingerprint density at radius 2 is 2.00 bits per heavy atom. The first kappa shape index (κ1) is 14.4. The molecule has 4 heteroatoms. The number of carbonyl (C=O) groups is 1. The standard InChI is InChI=1S/C11H24N2O2/c1-6-9(4)15-7-11(5,10(12)14)13-8(2)3/h8-9,13H,6-7H2,1-5H3,(H2,12,14). The molecule has 90 valence electrons. The fourth-order valence-corrected chi connectivity index (χ4v) is 1.25. The summed E-state index contributed by atoms with van der Waals surface area (Å²) in [6, 6.07) is 0.197. The number of nitrogens with one attached hydrogen (secondary N) is 1. The molecule has 0 radical (unpaired) electrons. The summed E-state index contributed by atoms with van der Waals surface area (Å²) in [5.74, 6) is -0.375. The van der Waals surface area contributed by atoms with Crippen LogP contribution in [0.3, 0.4) is 0 Å². The number of carbonyl (C=O) groups excluding carboxylic acids is 1. The summed E-state index contributed by atoms with van der Waals surface area (Å²) >= 11 is 0. The minimum atomic E-state index is -0.780. The van der Waals surface area contributed by atoms with E-state index < -0.39 is 5.54 Å². The van der Waals surface area contributed by atoms with E-state index in [0.29, 0.717) is 6.61 Å². The Hall–Kier alpha value is -0.610. The van der Waals surface area contributed by atoms with Crippen LogP contribution in [0.1, 0.15) is 41.0 Å². The van der Waals surface area contributed by atoms with Gasteiger partial charge in [0.05, 0.1) is 12.7 Å². The number of amides is 1. The van der Waals surface area contributed by atoms with Crippen molar-refractivity contribution in [2.24, 2.45) is 5.73 Å². The van der Waals surface area contributed by atoms with E-state index in [-0.39, 0.29) is 18.1 Å². The predicted molar refractivity (Wildman–Crippen MR) is 61.6 cm³/mol. The van der Waals surface area contributed by atoms with E-state index in [4.69, 9.17) is 10.5 Å². The van der Waals surface area contributed by atoms with Gasteiger partial charge in [0.1, 0.15) is 5.54 Å². The predicted octanol–water partition coefficient (Wildman–Crippen LogP) is 1.04. The van der Waals surface area contributed by atoms with Crippen LogP contribution in [0.4, 0.5) is 0 Å². The van der Waals surface area contributed by atoms with E-state index in [1.165, 1.54) is 0 Å². The second kappa shape index (κ2) is 6.08. The fraction of sp³-hybridized carbons (Fsp3) is 0.909. The van der Waals surface area contributed by atoms with Crippen molar-refractivity contribution in [2.45, 2.75) is 58.7 Å². The van der Waals surface area contributed by atoms with Crippen LogP contribution in [0.5, 0.6) is 0 Å². The molecule has 0 heterocycles. The monoisotopic (exact) mass is 216 g/mol. The topological polar surface area (TPSA) is 64.3 Å². The first-order chi connectivity index (χ1) is 6.81. The molecule has 2 atom stereocenters. The number of primary amides is 1. The van der Waals surface area contributed by atoms with E-state index in [0.717, 1.165) is 6.42 Å². The minimum absolute atomic E-state index is 0.151. The van der Waals surface area contributed by atoms with Gasteiger partial charge in [-0.1, -0.05) is 6.92 Å². The van der Waals surface area contributed by atoms with Crippen LogP contribution in [0.2, 0.25) is 0 Å². The highest BCUT2D eigenvalue weighted by molar-refractivity contribution is 5.84. The normalized spacial score (nSPS) is 17.5. The van der Waals surface area contributed by atoms with Crippen LogP contribution >= 0.6 is 0 Å². The van der Waals surface area contributed by atoms with Crippen molar-refractivity contribution in [3.8, 4) is 0 Å². The van der Waals surface area contributed by atoms with Gasteiger partial charge in [0.15, 0.2) is 0 Å². The van der Waals surface area contributed by atoms with E-state index in [9.17, 15) is 4.79 Å². The van der Waals surface area contributed by atoms with Crippen LogP contribution in [0.25, 0.3) is 0 Å². The first-order valence-corrected chi connectivity index (χ1v) is 5.51. The summed E-state index contributed by atoms with van der Waals surface area (Å²) in [6.07, 6.45) is 1.08. The van der Waals surface area contributed by atoms with Gasteiger partial charge in [0, 0.05) is 6.04 Å². The van der Waals surface area contributed by atoms with Crippen LogP contribution in [0.15, 0.2) is 0 Å². The molecule has 0 aliphatic carbocycles. The van der Waals surface area contributed by atoms with Crippen molar-refractivity contribution in [2.75, 3.05) is 6.61 Å². The van der Waals surface area contributed by atoms with Crippen molar-refractivity contribution in [3.05, 3.63) is 0 Å². The lowest BCUT2D eigenvalue weighted by Crippen LogP contribution is -2.58. The molecule has 0 saturated heterocycles. The quantitative estimate of drug-likeness (QED) is 0.668. The molecular weight excluding hydrogens is 192 g/mol. The molecule has 4 nitrogen and oxygen atoms in total. The van der Waals surface area contributed by atoms with Crippen molar-refractivity contribution < 1.29 is 9.53 Å². The molecule has 0 saturated carbocycles. The summed E-state index contributed by atoms with van der Waals surface area (Å²) in [7, 11) is 0. The highest BCUT2D eigenvalue weighted by atomic mass is 16.5. The summed E-state index contributed by atoms with van der Waals surface area (Å²) in [4.78, 5) is 11.3. The van der Waals surface area contributed by atoms with Crippen molar-refractivity contribution in [1.29, 1.82) is 0 Å². The highest BCUT2D eigenvalue weighted by Crippen LogP contribution is 2.08. The molecule has 1 amide bonds. The second-order valence-corrected chi connectivity index (χ2v) is 4.53. The van der Waals surface area contributed by atoms with Crippen molar-refractivity contribution in [3.63, 3.8) is 0 Å². The Balaban J connectivity index is 4.32. The molecular formula is C11H24N2O2. The van der Waals surface area contributed by atoms with Gasteiger partial charge < -0.3 is 10.5 Å². The van der Waals surface area contributed by atoms with Crippen molar-refractivity contribution >= 4 is 5.91 Å². The maximum atomic E-state index is 11.3. The molecule has 15 heavy (non-hydrogen) atoms. The van der Waals surface area contributed by atoms with Gasteiger partial charge in [-0.3, -0.25) is 10.1 Å². The van der Waals surface area contributed by atoms with Gasteiger partial charge >= 0.3 is 0 Å². The lowest BCUT2D eigenvalue weighted by molar-refractivity contribution is -0.127. The number of rotatable bonds is 7. The van der Waals surface area contributed by atoms with E-state index >= 15 is 0 Å². The van der Waals surface area contributed by atoms with Crippen LogP contribution in [-0.4, -0.2) is 30.2 Å². The van der Waals surface area contributed by atoms with Crippen LogP contribution in [0, 0.1) is 0 Å². The summed E-state index contributed by atoms with van der Waals surface area (Å²) < 4.78 is 5.56. The third-order valence-electron chi connectivity index (χ3n) is 2.38. The lowest BCUT2D eigenvalue weighted by Gasteiger charge is -2.30. The van der Waals surface area contributed by atoms with E-state index in [2.05, 4.69) is 5.32 Å². The lowest BCUT2D eigenvalue weighted by atomic mass is 10.0. The number of ether oxygens (including phenoxy) is 1. The summed E-state index contributed by atoms with van der Waals surface area (Å²) in [6.45, 7) is 10.1. The van der Waals surface area contributed by atoms with E-state index in [1.807, 2.05) is 27.7 Å². The molecule has 0 rings (SSSR count). The molecule has 0 aliphatic rings. The molecule has 0 aromatic rings. The molecule has 0 spiro atoms. The summed E-state index contributed by atoms with van der Waals surface area (Å²) in [5, 5.41) is 3.14. The molecule has 2 unspecified atom stereocenters. The van der Waals surface area contributed by atoms with Crippen LogP contribution < -0.4 is 11.1 Å². The zero-order chi connectivity index (χ0) is 12.1. The largest absolute Gasteiger partial charge is 0.376 e. The maximum absolute atomic E-state index is 11.3.